The van der Waals surface area contributed by atoms with Crippen LogP contribution in [0.25, 0.3) is 5.70 Å². The van der Waals surface area contributed by atoms with Crippen LogP contribution < -0.4 is 5.32 Å². The molecule has 5 unspecified atom stereocenters. The maximum absolute atomic E-state index is 3.81. The molecule has 0 aromatic heterocycles. The molecule has 0 bridgehead atoms. The van der Waals surface area contributed by atoms with E-state index < -0.39 is 0 Å². The van der Waals surface area contributed by atoms with Gasteiger partial charge in [-0.3, -0.25) is 0 Å². The topological polar surface area (TPSA) is 12.0 Å². The van der Waals surface area contributed by atoms with Crippen molar-refractivity contribution in [1.29, 1.82) is 0 Å². The van der Waals surface area contributed by atoms with Crippen LogP contribution in [0.5, 0.6) is 0 Å². The summed E-state index contributed by atoms with van der Waals surface area (Å²) in [5.41, 5.74) is 12.1. The van der Waals surface area contributed by atoms with E-state index in [4.69, 9.17) is 0 Å². The first-order valence-electron chi connectivity index (χ1n) is 19.3. The molecule has 3 aliphatic rings. The Labute approximate surface area is 308 Å². The van der Waals surface area contributed by atoms with Crippen LogP contribution in [0.4, 0.5) is 0 Å². The van der Waals surface area contributed by atoms with Crippen molar-refractivity contribution in [2.75, 3.05) is 0 Å². The number of allylic oxidation sites excluding steroid dienone is 14. The number of nitrogens with one attached hydrogen (secondary N) is 1. The van der Waals surface area contributed by atoms with Gasteiger partial charge in [-0.2, -0.15) is 0 Å². The van der Waals surface area contributed by atoms with E-state index in [0.29, 0.717) is 17.8 Å². The fourth-order valence-electron chi connectivity index (χ4n) is 7.95. The van der Waals surface area contributed by atoms with Gasteiger partial charge in [0.2, 0.25) is 0 Å². The summed E-state index contributed by atoms with van der Waals surface area (Å²) >= 11 is 0. The molecule has 0 radical (unpaired) electrons. The van der Waals surface area contributed by atoms with Crippen LogP contribution in [0.15, 0.2) is 174 Å². The van der Waals surface area contributed by atoms with Gasteiger partial charge in [-0.1, -0.05) is 181 Å². The molecule has 51 heavy (non-hydrogen) atoms. The molecule has 1 N–H and O–H groups in total. The third-order valence-corrected chi connectivity index (χ3v) is 10.9. The van der Waals surface area contributed by atoms with Crippen LogP contribution >= 0.6 is 0 Å². The van der Waals surface area contributed by atoms with Crippen molar-refractivity contribution >= 4 is 5.70 Å². The summed E-state index contributed by atoms with van der Waals surface area (Å²) < 4.78 is 0. The Balaban J connectivity index is 1.32. The predicted octanol–water partition coefficient (Wildman–Crippen LogP) is 13.3. The molecule has 0 fully saturated rings. The molecular formula is C50H57N. The highest BCUT2D eigenvalue weighted by molar-refractivity contribution is 5.72. The summed E-state index contributed by atoms with van der Waals surface area (Å²) in [5, 5.41) is 3.81. The van der Waals surface area contributed by atoms with E-state index in [1.807, 2.05) is 0 Å². The average Bonchev–Trinajstić information content (AvgIpc) is 3.18. The summed E-state index contributed by atoms with van der Waals surface area (Å²) in [6.45, 7) is 14.2. The van der Waals surface area contributed by atoms with Gasteiger partial charge in [-0.15, -0.1) is 0 Å². The highest BCUT2D eigenvalue weighted by atomic mass is 14.9. The molecular weight excluding hydrogens is 615 g/mol. The zero-order valence-electron chi connectivity index (χ0n) is 31.6. The monoisotopic (exact) mass is 671 g/mol. The summed E-state index contributed by atoms with van der Waals surface area (Å²) in [6.07, 6.45) is 31.0. The van der Waals surface area contributed by atoms with E-state index in [-0.39, 0.29) is 17.4 Å². The quantitative estimate of drug-likeness (QED) is 0.235. The van der Waals surface area contributed by atoms with E-state index in [1.165, 1.54) is 44.5 Å². The van der Waals surface area contributed by atoms with Crippen molar-refractivity contribution in [1.82, 2.24) is 5.32 Å². The number of dihydropyridines is 1. The van der Waals surface area contributed by atoms with Crippen molar-refractivity contribution in [3.05, 3.63) is 196 Å². The van der Waals surface area contributed by atoms with Gasteiger partial charge in [0.1, 0.15) is 0 Å². The molecule has 1 heteroatoms. The van der Waals surface area contributed by atoms with Crippen molar-refractivity contribution < 1.29 is 0 Å². The fourth-order valence-corrected chi connectivity index (χ4v) is 7.95. The highest BCUT2D eigenvalue weighted by Gasteiger charge is 2.26. The van der Waals surface area contributed by atoms with Gasteiger partial charge in [0.05, 0.1) is 6.04 Å². The summed E-state index contributed by atoms with van der Waals surface area (Å²) in [7, 11) is 0. The maximum Gasteiger partial charge on any atom is 0.0707 e. The summed E-state index contributed by atoms with van der Waals surface area (Å²) in [6, 6.07) is 30.7. The van der Waals surface area contributed by atoms with Gasteiger partial charge in [0.25, 0.3) is 0 Å². The Kier molecular flexibility index (Phi) is 11.8. The molecule has 0 spiro atoms. The molecule has 3 aromatic rings. The van der Waals surface area contributed by atoms with E-state index in [9.17, 15) is 0 Å². The van der Waals surface area contributed by atoms with Gasteiger partial charge in [0, 0.05) is 11.6 Å². The smallest absolute Gasteiger partial charge is 0.0707 e. The lowest BCUT2D eigenvalue weighted by molar-refractivity contribution is 0.481. The van der Waals surface area contributed by atoms with Gasteiger partial charge in [-0.25, -0.2) is 0 Å². The minimum Gasteiger partial charge on any atom is -0.374 e. The second-order valence-corrected chi connectivity index (χ2v) is 15.6. The van der Waals surface area contributed by atoms with E-state index >= 15 is 0 Å². The lowest BCUT2D eigenvalue weighted by Gasteiger charge is -2.28. The number of hydrogen-bond donors (Lipinski definition) is 1. The van der Waals surface area contributed by atoms with Crippen LogP contribution in [-0.2, 0) is 5.41 Å². The molecule has 0 amide bonds. The molecule has 1 nitrogen and oxygen atoms in total. The molecule has 6 rings (SSSR count). The summed E-state index contributed by atoms with van der Waals surface area (Å²) in [5.74, 6) is 1.64. The lowest BCUT2D eigenvalue weighted by Crippen LogP contribution is -2.22. The fraction of sp³-hybridized carbons (Fsp3) is 0.320. The minimum absolute atomic E-state index is 0.0979. The third-order valence-electron chi connectivity index (χ3n) is 10.9. The number of rotatable bonds is 8. The van der Waals surface area contributed by atoms with Gasteiger partial charge in [0.15, 0.2) is 0 Å². The second-order valence-electron chi connectivity index (χ2n) is 15.6. The van der Waals surface area contributed by atoms with Crippen LogP contribution in [0.2, 0.25) is 0 Å². The standard InChI is InChI=1S/C50H57N/c1-7-18-39(45-34-48(40-20-10-8-11-21-40)51-49(35-45)41-22-12-9-13-23-41)29-28-37(3)42-24-16-19-36(2)31-44(33-42)43-25-17-30-50(5,6)47-27-15-14-26-46(47)38(4)32-43/h8-18,20-29,32-38,44,48,51H,7,19,30-31H2,1-6H3/b24-16-,25-17-,29-28-,39-18+,42-33+,43-32+. The highest BCUT2D eigenvalue weighted by Crippen LogP contribution is 2.39. The maximum atomic E-state index is 3.81. The molecule has 5 atom stereocenters. The van der Waals surface area contributed by atoms with E-state index in [2.05, 4.69) is 199 Å². The first-order valence-corrected chi connectivity index (χ1v) is 19.3. The van der Waals surface area contributed by atoms with Crippen molar-refractivity contribution in [3.8, 4) is 0 Å². The Morgan fingerprint density at radius 1 is 0.863 bits per heavy atom. The third kappa shape index (κ3) is 9.01. The SMILES string of the molecule is CC/C=C(\C=C/C(C)C1=C/C(C2=C/C(C)c3ccccc3C(C)(C)C/C=C\2)CC(C)C/C=C\1)C1=CC(c2ccccc2)NC(c2ccccc2)=C1. The van der Waals surface area contributed by atoms with Crippen LogP contribution in [0.3, 0.4) is 0 Å². The van der Waals surface area contributed by atoms with Crippen molar-refractivity contribution in [2.45, 2.75) is 84.6 Å². The van der Waals surface area contributed by atoms with Crippen LogP contribution in [0, 0.1) is 17.8 Å². The molecule has 0 saturated heterocycles. The Hall–Kier alpha value is -4.62. The number of hydrogen-bond acceptors (Lipinski definition) is 1. The molecule has 3 aromatic carbocycles. The lowest BCUT2D eigenvalue weighted by atomic mass is 9.77. The normalized spacial score (nSPS) is 27.6. The first kappa shape index (κ1) is 36.2. The van der Waals surface area contributed by atoms with E-state index in [0.717, 1.165) is 31.4 Å². The average molecular weight is 672 g/mol. The zero-order valence-corrected chi connectivity index (χ0v) is 31.6. The predicted molar refractivity (Wildman–Crippen MR) is 220 cm³/mol. The molecule has 1 heterocycles. The largest absolute Gasteiger partial charge is 0.374 e. The Bertz CT molecular complexity index is 1890. The van der Waals surface area contributed by atoms with Crippen LogP contribution in [-0.4, -0.2) is 0 Å². The van der Waals surface area contributed by atoms with Gasteiger partial charge in [-0.05, 0) is 106 Å². The number of fused-ring (bicyclic) bond motifs is 1. The van der Waals surface area contributed by atoms with Crippen LogP contribution in [0.1, 0.15) is 101 Å². The van der Waals surface area contributed by atoms with Gasteiger partial charge < -0.3 is 5.32 Å². The minimum atomic E-state index is 0.0979. The first-order chi connectivity index (χ1) is 24.7. The Morgan fingerprint density at radius 2 is 1.59 bits per heavy atom. The zero-order chi connectivity index (χ0) is 35.8. The molecule has 2 aliphatic carbocycles. The van der Waals surface area contributed by atoms with Crippen molar-refractivity contribution in [3.63, 3.8) is 0 Å². The number of benzene rings is 3. The molecule has 0 saturated carbocycles. The van der Waals surface area contributed by atoms with Crippen molar-refractivity contribution in [2.24, 2.45) is 17.8 Å². The molecule has 1 aliphatic heterocycles. The Morgan fingerprint density at radius 3 is 2.35 bits per heavy atom. The van der Waals surface area contributed by atoms with E-state index in [1.54, 1.807) is 0 Å². The van der Waals surface area contributed by atoms with Gasteiger partial charge >= 0.3 is 0 Å². The summed E-state index contributed by atoms with van der Waals surface area (Å²) in [4.78, 5) is 0. The second kappa shape index (κ2) is 16.6. The molecule has 262 valence electrons.